The third kappa shape index (κ3) is 1.80. The predicted molar refractivity (Wildman–Crippen MR) is 63.9 cm³/mol. The molecule has 0 radical (unpaired) electrons. The molecule has 0 aliphatic carbocycles. The van der Waals surface area contributed by atoms with E-state index in [-0.39, 0.29) is 5.54 Å². The highest BCUT2D eigenvalue weighted by molar-refractivity contribution is 5.26. The van der Waals surface area contributed by atoms with E-state index in [2.05, 4.69) is 47.6 Å². The Balaban J connectivity index is 2.34. The monoisotopic (exact) mass is 204 g/mol. The minimum absolute atomic E-state index is 0.218. The lowest BCUT2D eigenvalue weighted by molar-refractivity contribution is 0.172. The lowest BCUT2D eigenvalue weighted by Crippen LogP contribution is -2.45. The molecule has 2 nitrogen and oxygen atoms in total. The van der Waals surface area contributed by atoms with Crippen molar-refractivity contribution in [1.82, 2.24) is 10.2 Å². The molecular formula is C13H20N2. The van der Waals surface area contributed by atoms with Crippen LogP contribution in [0, 0.1) is 0 Å². The van der Waals surface area contributed by atoms with Crippen molar-refractivity contribution in [3.8, 4) is 0 Å². The summed E-state index contributed by atoms with van der Waals surface area (Å²) in [4.78, 5) is 2.48. The van der Waals surface area contributed by atoms with E-state index in [9.17, 15) is 0 Å². The largest absolute Gasteiger partial charge is 0.318 e. The van der Waals surface area contributed by atoms with E-state index in [4.69, 9.17) is 0 Å². The number of nitrogens with one attached hydrogen (secondary N) is 1. The molecule has 0 spiro atoms. The zero-order chi connectivity index (χ0) is 10.7. The minimum Gasteiger partial charge on any atom is -0.318 e. The maximum Gasteiger partial charge on any atom is 0.0583 e. The second kappa shape index (κ2) is 4.33. The summed E-state index contributed by atoms with van der Waals surface area (Å²) in [5, 5.41) is 3.34. The third-order valence-corrected chi connectivity index (χ3v) is 3.59. The highest BCUT2D eigenvalue weighted by atomic mass is 15.2. The van der Waals surface area contributed by atoms with E-state index in [1.165, 1.54) is 24.9 Å². The third-order valence-electron chi connectivity index (χ3n) is 3.59. The van der Waals surface area contributed by atoms with Gasteiger partial charge in [0.15, 0.2) is 0 Å². The van der Waals surface area contributed by atoms with Crippen LogP contribution in [0.2, 0.25) is 0 Å². The standard InChI is InChI=1S/C13H20N2/c1-14-11-13(9-6-10-15(13)2)12-7-4-3-5-8-12/h3-5,7-8,14H,6,9-11H2,1-2H3. The van der Waals surface area contributed by atoms with E-state index < -0.39 is 0 Å². The molecule has 1 N–H and O–H groups in total. The molecule has 0 amide bonds. The summed E-state index contributed by atoms with van der Waals surface area (Å²) >= 11 is 0. The molecular weight excluding hydrogens is 184 g/mol. The number of rotatable bonds is 3. The van der Waals surface area contributed by atoms with Crippen LogP contribution >= 0.6 is 0 Å². The van der Waals surface area contributed by atoms with Gasteiger partial charge in [0.1, 0.15) is 0 Å². The second-order valence-electron chi connectivity index (χ2n) is 4.45. The van der Waals surface area contributed by atoms with Gasteiger partial charge in [-0.25, -0.2) is 0 Å². The van der Waals surface area contributed by atoms with Gasteiger partial charge in [-0.15, -0.1) is 0 Å². The molecule has 15 heavy (non-hydrogen) atoms. The van der Waals surface area contributed by atoms with Gasteiger partial charge < -0.3 is 5.32 Å². The first-order valence-corrected chi connectivity index (χ1v) is 5.71. The van der Waals surface area contributed by atoms with Gasteiger partial charge in [0, 0.05) is 6.54 Å². The summed E-state index contributed by atoms with van der Waals surface area (Å²) in [6.07, 6.45) is 2.56. The maximum absolute atomic E-state index is 3.34. The molecule has 2 rings (SSSR count). The van der Waals surface area contributed by atoms with Gasteiger partial charge >= 0.3 is 0 Å². The van der Waals surface area contributed by atoms with Gasteiger partial charge in [-0.2, -0.15) is 0 Å². The minimum atomic E-state index is 0.218. The summed E-state index contributed by atoms with van der Waals surface area (Å²) in [6.45, 7) is 2.24. The van der Waals surface area contributed by atoms with Crippen LogP contribution in [-0.2, 0) is 5.54 Å². The zero-order valence-corrected chi connectivity index (χ0v) is 9.66. The molecule has 1 saturated heterocycles. The van der Waals surface area contributed by atoms with E-state index in [1.54, 1.807) is 0 Å². The number of likely N-dealkylation sites (tertiary alicyclic amines) is 1. The number of hydrogen-bond acceptors (Lipinski definition) is 2. The molecule has 0 saturated carbocycles. The first-order chi connectivity index (χ1) is 7.29. The topological polar surface area (TPSA) is 15.3 Å². The summed E-state index contributed by atoms with van der Waals surface area (Å²) in [6, 6.07) is 10.9. The fourth-order valence-corrected chi connectivity index (χ4v) is 2.74. The maximum atomic E-state index is 3.34. The Hall–Kier alpha value is -0.860. The van der Waals surface area contributed by atoms with Crippen LogP contribution in [-0.4, -0.2) is 32.1 Å². The average molecular weight is 204 g/mol. The van der Waals surface area contributed by atoms with Gasteiger partial charge in [-0.1, -0.05) is 30.3 Å². The van der Waals surface area contributed by atoms with Gasteiger partial charge in [0.2, 0.25) is 0 Å². The molecule has 1 aromatic carbocycles. The lowest BCUT2D eigenvalue weighted by atomic mass is 9.87. The summed E-state index contributed by atoms with van der Waals surface area (Å²) in [5.41, 5.74) is 1.66. The summed E-state index contributed by atoms with van der Waals surface area (Å²) in [7, 11) is 4.27. The number of likely N-dealkylation sites (N-methyl/N-ethyl adjacent to an activating group) is 2. The first-order valence-electron chi connectivity index (χ1n) is 5.71. The normalized spacial score (nSPS) is 27.1. The SMILES string of the molecule is CNCC1(c2ccccc2)CCCN1C. The number of benzene rings is 1. The Bertz CT molecular complexity index is 310. The Labute approximate surface area is 92.3 Å². The van der Waals surface area contributed by atoms with E-state index in [0.717, 1.165) is 6.54 Å². The van der Waals surface area contributed by atoms with Crippen LogP contribution < -0.4 is 5.32 Å². The van der Waals surface area contributed by atoms with Crippen molar-refractivity contribution in [2.75, 3.05) is 27.2 Å². The van der Waals surface area contributed by atoms with Crippen LogP contribution in [0.3, 0.4) is 0 Å². The van der Waals surface area contributed by atoms with Gasteiger partial charge in [0.25, 0.3) is 0 Å². The summed E-state index contributed by atoms with van der Waals surface area (Å²) in [5.74, 6) is 0. The smallest absolute Gasteiger partial charge is 0.0583 e. The first kappa shape index (κ1) is 10.7. The highest BCUT2D eigenvalue weighted by Crippen LogP contribution is 2.36. The van der Waals surface area contributed by atoms with Crippen LogP contribution in [0.1, 0.15) is 18.4 Å². The van der Waals surface area contributed by atoms with Crippen LogP contribution in [0.25, 0.3) is 0 Å². The molecule has 2 heteroatoms. The van der Waals surface area contributed by atoms with E-state index >= 15 is 0 Å². The highest BCUT2D eigenvalue weighted by Gasteiger charge is 2.39. The molecule has 1 fully saturated rings. The molecule has 1 aromatic rings. The average Bonchev–Trinajstić information content (AvgIpc) is 2.63. The van der Waals surface area contributed by atoms with E-state index in [0.29, 0.717) is 0 Å². The van der Waals surface area contributed by atoms with Crippen molar-refractivity contribution in [3.63, 3.8) is 0 Å². The second-order valence-corrected chi connectivity index (χ2v) is 4.45. The molecule has 0 aromatic heterocycles. The van der Waals surface area contributed by atoms with Crippen LogP contribution in [0.5, 0.6) is 0 Å². The van der Waals surface area contributed by atoms with Crippen molar-refractivity contribution in [1.29, 1.82) is 0 Å². The van der Waals surface area contributed by atoms with Gasteiger partial charge in [-0.05, 0) is 39.0 Å². The van der Waals surface area contributed by atoms with Gasteiger partial charge in [-0.3, -0.25) is 4.90 Å². The number of hydrogen-bond donors (Lipinski definition) is 1. The molecule has 1 unspecified atom stereocenters. The fourth-order valence-electron chi connectivity index (χ4n) is 2.74. The van der Waals surface area contributed by atoms with Crippen molar-refractivity contribution in [2.45, 2.75) is 18.4 Å². The van der Waals surface area contributed by atoms with E-state index in [1.807, 2.05) is 7.05 Å². The fraction of sp³-hybridized carbons (Fsp3) is 0.538. The molecule has 1 heterocycles. The van der Waals surface area contributed by atoms with Gasteiger partial charge in [0.05, 0.1) is 5.54 Å². The quantitative estimate of drug-likeness (QED) is 0.808. The molecule has 82 valence electrons. The lowest BCUT2D eigenvalue weighted by Gasteiger charge is -2.36. The van der Waals surface area contributed by atoms with Crippen molar-refractivity contribution in [3.05, 3.63) is 35.9 Å². The van der Waals surface area contributed by atoms with Crippen LogP contribution in [0.15, 0.2) is 30.3 Å². The molecule has 1 aliphatic heterocycles. The Kier molecular flexibility index (Phi) is 3.08. The Morgan fingerprint density at radius 1 is 1.33 bits per heavy atom. The molecule has 0 bridgehead atoms. The van der Waals surface area contributed by atoms with Crippen molar-refractivity contribution in [2.24, 2.45) is 0 Å². The van der Waals surface area contributed by atoms with Crippen molar-refractivity contribution >= 4 is 0 Å². The van der Waals surface area contributed by atoms with Crippen molar-refractivity contribution < 1.29 is 0 Å². The van der Waals surface area contributed by atoms with Crippen LogP contribution in [0.4, 0.5) is 0 Å². The number of nitrogens with zero attached hydrogens (tertiary/aromatic N) is 1. The molecule has 1 aliphatic rings. The summed E-state index contributed by atoms with van der Waals surface area (Å²) < 4.78 is 0. The molecule has 1 atom stereocenters. The zero-order valence-electron chi connectivity index (χ0n) is 9.66. The predicted octanol–water partition coefficient (Wildman–Crippen LogP) is 1.83. The Morgan fingerprint density at radius 2 is 2.07 bits per heavy atom. The Morgan fingerprint density at radius 3 is 2.60 bits per heavy atom.